The molecule has 1 amide bonds. The molecular weight excluding hydrogens is 552 g/mol. The lowest BCUT2D eigenvalue weighted by Crippen LogP contribution is -2.74. The van der Waals surface area contributed by atoms with Crippen LogP contribution in [0.15, 0.2) is 30.5 Å². The Balaban J connectivity index is 1.49. The van der Waals surface area contributed by atoms with Crippen molar-refractivity contribution in [1.29, 1.82) is 0 Å². The highest BCUT2D eigenvalue weighted by Crippen LogP contribution is 2.52. The molecule has 11 nitrogen and oxygen atoms in total. The highest BCUT2D eigenvalue weighted by molar-refractivity contribution is 6.32. The summed E-state index contributed by atoms with van der Waals surface area (Å²) in [7, 11) is 3.13. The zero-order chi connectivity index (χ0) is 30.8. The second-order valence-corrected chi connectivity index (χ2v) is 12.6. The maximum atomic E-state index is 14.3. The summed E-state index contributed by atoms with van der Waals surface area (Å²) in [5, 5.41) is 23.4. The van der Waals surface area contributed by atoms with Gasteiger partial charge in [-0.15, -0.1) is 0 Å². The van der Waals surface area contributed by atoms with Crippen molar-refractivity contribution in [2.24, 2.45) is 29.4 Å². The number of ketones is 4. The molecule has 2 aromatic rings. The number of carbonyl (C=O) groups is 5. The highest BCUT2D eigenvalue weighted by atomic mass is 16.3. The van der Waals surface area contributed by atoms with Crippen LogP contribution in [0.1, 0.15) is 47.2 Å². The zero-order valence-corrected chi connectivity index (χ0v) is 24.3. The van der Waals surface area contributed by atoms with E-state index in [1.54, 1.807) is 26.4 Å². The first-order valence-corrected chi connectivity index (χ1v) is 14.8. The van der Waals surface area contributed by atoms with Gasteiger partial charge in [-0.25, -0.2) is 0 Å². The number of phenols is 1. The van der Waals surface area contributed by atoms with Crippen molar-refractivity contribution in [2.45, 2.75) is 50.3 Å². The molecule has 0 bridgehead atoms. The second-order valence-electron chi connectivity index (χ2n) is 12.6. The molecule has 3 aliphatic carbocycles. The molecule has 6 rings (SSSR count). The number of phenolic OH excluding ortho intramolecular Hbond substituents is 1. The van der Waals surface area contributed by atoms with Crippen molar-refractivity contribution in [1.82, 2.24) is 14.8 Å². The van der Waals surface area contributed by atoms with E-state index in [-0.39, 0.29) is 24.2 Å². The monoisotopic (exact) mass is 588 g/mol. The third-order valence-corrected chi connectivity index (χ3v) is 9.92. The number of nitrogens with two attached hydrogens (primary N) is 1. The molecule has 2 saturated carbocycles. The van der Waals surface area contributed by atoms with Gasteiger partial charge < -0.3 is 15.9 Å². The van der Waals surface area contributed by atoms with Crippen LogP contribution in [0.2, 0.25) is 0 Å². The number of likely N-dealkylation sites (N-methyl/N-ethyl adjacent to an activating group) is 1. The van der Waals surface area contributed by atoms with Gasteiger partial charge in [-0.2, -0.15) is 0 Å². The van der Waals surface area contributed by atoms with Gasteiger partial charge in [0.1, 0.15) is 5.75 Å². The molecule has 1 aromatic carbocycles. The van der Waals surface area contributed by atoms with Crippen molar-refractivity contribution >= 4 is 29.0 Å². The van der Waals surface area contributed by atoms with E-state index < -0.39 is 64.4 Å². The fourth-order valence-electron chi connectivity index (χ4n) is 7.96. The Morgan fingerprint density at radius 2 is 1.84 bits per heavy atom. The molecule has 11 heteroatoms. The number of Topliss-reactive ketones (excluding diaryl/α,β-unsaturated/α-hetero) is 4. The van der Waals surface area contributed by atoms with Crippen LogP contribution in [-0.4, -0.2) is 92.9 Å². The SMILES string of the molecule is CN(C)[C@H]1C(=O)C(C(N)=O)C(=O)[C@@]2(O)C(=O)C3C(=O)c4c(O)c(CN5CCCCC5)cc(-c5ccccn5)c4C[C@H]3C[C@@H]12. The van der Waals surface area contributed by atoms with Gasteiger partial charge in [0, 0.05) is 29.8 Å². The van der Waals surface area contributed by atoms with Crippen molar-refractivity contribution in [3.63, 3.8) is 0 Å². The molecule has 6 atom stereocenters. The number of aromatic hydroxyl groups is 1. The molecule has 4 aliphatic rings. The number of aliphatic hydroxyl groups is 1. The van der Waals surface area contributed by atoms with Crippen molar-refractivity contribution in [3.05, 3.63) is 47.2 Å². The first-order chi connectivity index (χ1) is 20.5. The normalized spacial score (nSPS) is 31.0. The van der Waals surface area contributed by atoms with E-state index in [0.717, 1.165) is 32.4 Å². The van der Waals surface area contributed by atoms with Gasteiger partial charge in [-0.1, -0.05) is 12.5 Å². The van der Waals surface area contributed by atoms with Crippen LogP contribution in [0.4, 0.5) is 0 Å². The van der Waals surface area contributed by atoms with E-state index >= 15 is 0 Å². The molecule has 2 unspecified atom stereocenters. The van der Waals surface area contributed by atoms with E-state index in [2.05, 4.69) is 9.88 Å². The van der Waals surface area contributed by atoms with E-state index in [1.807, 2.05) is 18.2 Å². The summed E-state index contributed by atoms with van der Waals surface area (Å²) in [5.41, 5.74) is 5.04. The summed E-state index contributed by atoms with van der Waals surface area (Å²) in [6.07, 6.45) is 5.04. The lowest BCUT2D eigenvalue weighted by atomic mass is 9.52. The number of carbonyl (C=O) groups excluding carboxylic acids is 5. The molecule has 0 radical (unpaired) electrons. The predicted octanol–water partition coefficient (Wildman–Crippen LogP) is 0.915. The quantitative estimate of drug-likeness (QED) is 0.427. The van der Waals surface area contributed by atoms with Crippen molar-refractivity contribution in [2.75, 3.05) is 27.2 Å². The van der Waals surface area contributed by atoms with Crippen molar-refractivity contribution in [3.8, 4) is 17.0 Å². The van der Waals surface area contributed by atoms with Crippen LogP contribution in [0.3, 0.4) is 0 Å². The lowest BCUT2D eigenvalue weighted by Gasteiger charge is -2.52. The number of fused-ring (bicyclic) bond motifs is 3. The third-order valence-electron chi connectivity index (χ3n) is 9.92. The molecule has 226 valence electrons. The summed E-state index contributed by atoms with van der Waals surface area (Å²) < 4.78 is 0. The van der Waals surface area contributed by atoms with Gasteiger partial charge in [0.15, 0.2) is 34.7 Å². The molecule has 3 fully saturated rings. The maximum absolute atomic E-state index is 14.3. The summed E-state index contributed by atoms with van der Waals surface area (Å²) >= 11 is 0. The van der Waals surface area contributed by atoms with Crippen molar-refractivity contribution < 1.29 is 34.2 Å². The minimum Gasteiger partial charge on any atom is -0.507 e. The Kier molecular flexibility index (Phi) is 7.30. The number of hydrogen-bond donors (Lipinski definition) is 3. The Bertz CT molecular complexity index is 1530. The second kappa shape index (κ2) is 10.7. The molecule has 0 spiro atoms. The lowest BCUT2D eigenvalue weighted by molar-refractivity contribution is -0.181. The number of nitrogens with zero attached hydrogens (tertiary/aromatic N) is 3. The number of aromatic nitrogens is 1. The molecule has 1 aromatic heterocycles. The van der Waals surface area contributed by atoms with E-state index in [4.69, 9.17) is 5.73 Å². The summed E-state index contributed by atoms with van der Waals surface area (Å²) in [6.45, 7) is 2.12. The van der Waals surface area contributed by atoms with Crippen LogP contribution in [-0.2, 0) is 32.1 Å². The molecule has 1 aliphatic heterocycles. The number of primary amides is 1. The number of amides is 1. The highest BCUT2D eigenvalue weighted by Gasteiger charge is 2.69. The average Bonchev–Trinajstić information content (AvgIpc) is 2.97. The smallest absolute Gasteiger partial charge is 0.235 e. The maximum Gasteiger partial charge on any atom is 0.235 e. The number of piperidine rings is 1. The Labute approximate surface area is 249 Å². The Morgan fingerprint density at radius 3 is 2.47 bits per heavy atom. The average molecular weight is 589 g/mol. The van der Waals surface area contributed by atoms with E-state index in [1.165, 1.54) is 4.90 Å². The number of hydrogen-bond acceptors (Lipinski definition) is 10. The topological polar surface area (TPSA) is 171 Å². The summed E-state index contributed by atoms with van der Waals surface area (Å²) in [5.74, 6) is -10.5. The van der Waals surface area contributed by atoms with Crippen LogP contribution in [0.5, 0.6) is 5.75 Å². The first kappa shape index (κ1) is 29.3. The Hall–Kier alpha value is -3.80. The predicted molar refractivity (Wildman–Crippen MR) is 154 cm³/mol. The van der Waals surface area contributed by atoms with Gasteiger partial charge in [0.05, 0.1) is 23.2 Å². The minimum atomic E-state index is -2.75. The number of benzene rings is 1. The first-order valence-electron chi connectivity index (χ1n) is 14.8. The minimum absolute atomic E-state index is 0.00163. The molecular formula is C32H36N4O7. The van der Waals surface area contributed by atoms with Crippen LogP contribution in [0, 0.1) is 23.7 Å². The molecule has 4 N–H and O–H groups in total. The number of rotatable bonds is 5. The molecule has 1 saturated heterocycles. The van der Waals surface area contributed by atoms with E-state index in [9.17, 15) is 34.2 Å². The van der Waals surface area contributed by atoms with Gasteiger partial charge in [0.25, 0.3) is 0 Å². The molecule has 2 heterocycles. The number of pyridine rings is 1. The van der Waals surface area contributed by atoms with Gasteiger partial charge in [-0.3, -0.25) is 38.8 Å². The van der Waals surface area contributed by atoms with Gasteiger partial charge in [-0.05, 0) is 82.5 Å². The van der Waals surface area contributed by atoms with Crippen LogP contribution >= 0.6 is 0 Å². The summed E-state index contributed by atoms with van der Waals surface area (Å²) in [4.78, 5) is 75.8. The van der Waals surface area contributed by atoms with Crippen LogP contribution < -0.4 is 5.73 Å². The fourth-order valence-corrected chi connectivity index (χ4v) is 7.96. The third kappa shape index (κ3) is 4.44. The largest absolute Gasteiger partial charge is 0.507 e. The van der Waals surface area contributed by atoms with Gasteiger partial charge in [0.2, 0.25) is 5.91 Å². The fraction of sp³-hybridized carbons (Fsp3) is 0.500. The number of likely N-dealkylation sites (tertiary alicyclic amines) is 1. The zero-order valence-electron chi connectivity index (χ0n) is 24.3. The molecule has 43 heavy (non-hydrogen) atoms. The van der Waals surface area contributed by atoms with Gasteiger partial charge >= 0.3 is 0 Å². The van der Waals surface area contributed by atoms with Crippen LogP contribution in [0.25, 0.3) is 11.3 Å². The standard InChI is InChI=1S/C32H36N4O7/c1-35(2)25-20-14-16-12-19-18(21-8-4-5-9-34-21)13-17(15-36-10-6-3-7-11-36)26(37)23(19)27(38)22(16)29(40)32(20,43)30(41)24(28(25)39)31(33)42/h4-5,8-9,13,16,20,22,24-25,37,43H,3,6-7,10-12,14-15H2,1-2H3,(H2,33,42)/t16-,20-,22?,24?,25+,32-/m0/s1. The summed E-state index contributed by atoms with van der Waals surface area (Å²) in [6, 6.07) is 6.17. The Morgan fingerprint density at radius 1 is 1.12 bits per heavy atom. The van der Waals surface area contributed by atoms with E-state index in [0.29, 0.717) is 28.9 Å².